The fraction of sp³-hybridized carbons (Fsp3) is 0.217. The summed E-state index contributed by atoms with van der Waals surface area (Å²) in [6.07, 6.45) is 1.73. The quantitative estimate of drug-likeness (QED) is 0.606. The molecule has 0 atom stereocenters. The largest absolute Gasteiger partial charge is 0.489 e. The average molecular weight is 391 g/mol. The van der Waals surface area contributed by atoms with Gasteiger partial charge in [-0.3, -0.25) is 4.79 Å². The Morgan fingerprint density at radius 2 is 1.62 bits per heavy atom. The zero-order chi connectivity index (χ0) is 20.5. The zero-order valence-corrected chi connectivity index (χ0v) is 16.7. The van der Waals surface area contributed by atoms with Crippen molar-refractivity contribution < 1.29 is 14.3 Å². The number of amides is 1. The summed E-state index contributed by atoms with van der Waals surface area (Å²) in [6, 6.07) is 21.0. The lowest BCUT2D eigenvalue weighted by Crippen LogP contribution is -2.28. The predicted molar refractivity (Wildman–Crippen MR) is 113 cm³/mol. The Morgan fingerprint density at radius 1 is 0.931 bits per heavy atom. The van der Waals surface area contributed by atoms with E-state index in [1.807, 2.05) is 73.6 Å². The summed E-state index contributed by atoms with van der Waals surface area (Å²) in [5, 5.41) is 2.85. The Balaban J connectivity index is 1.41. The van der Waals surface area contributed by atoms with Gasteiger partial charge in [-0.25, -0.2) is 4.98 Å². The predicted octanol–water partition coefficient (Wildman–Crippen LogP) is 3.42. The number of ether oxygens (including phenoxy) is 2. The summed E-state index contributed by atoms with van der Waals surface area (Å²) >= 11 is 0. The standard InChI is InChI=1S/C23H25N3O3/c1-26(2)22-14-19(12-13-24-22)15-25-23(27)17-29-21-10-8-20(9-11-21)28-16-18-6-4-3-5-7-18/h3-14H,15-17H2,1-2H3,(H,25,27). The van der Waals surface area contributed by atoms with Crippen LogP contribution in [0.25, 0.3) is 0 Å². The minimum Gasteiger partial charge on any atom is -0.489 e. The zero-order valence-electron chi connectivity index (χ0n) is 16.7. The van der Waals surface area contributed by atoms with Crippen LogP contribution in [0.1, 0.15) is 11.1 Å². The monoisotopic (exact) mass is 391 g/mol. The summed E-state index contributed by atoms with van der Waals surface area (Å²) in [7, 11) is 3.85. The molecule has 0 aliphatic carbocycles. The number of carbonyl (C=O) groups is 1. The SMILES string of the molecule is CN(C)c1cc(CNC(=O)COc2ccc(OCc3ccccc3)cc2)ccn1. The Labute approximate surface area is 171 Å². The molecule has 0 saturated carbocycles. The molecule has 3 rings (SSSR count). The van der Waals surface area contributed by atoms with Gasteiger partial charge in [-0.15, -0.1) is 0 Å². The Bertz CT molecular complexity index is 912. The van der Waals surface area contributed by atoms with E-state index in [4.69, 9.17) is 9.47 Å². The van der Waals surface area contributed by atoms with Crippen LogP contribution in [0.5, 0.6) is 11.5 Å². The van der Waals surface area contributed by atoms with Gasteiger partial charge >= 0.3 is 0 Å². The minimum absolute atomic E-state index is 0.0458. The molecule has 1 aromatic heterocycles. The maximum Gasteiger partial charge on any atom is 0.258 e. The van der Waals surface area contributed by atoms with Gasteiger partial charge in [0.05, 0.1) is 0 Å². The van der Waals surface area contributed by atoms with Crippen LogP contribution in [0.15, 0.2) is 72.9 Å². The van der Waals surface area contributed by atoms with Gasteiger partial charge in [-0.2, -0.15) is 0 Å². The van der Waals surface area contributed by atoms with E-state index in [2.05, 4.69) is 10.3 Å². The minimum atomic E-state index is -0.183. The molecule has 0 radical (unpaired) electrons. The van der Waals surface area contributed by atoms with Gasteiger partial charge in [0.25, 0.3) is 5.91 Å². The molecule has 0 saturated heterocycles. The molecule has 0 spiro atoms. The molecule has 2 aromatic carbocycles. The van der Waals surface area contributed by atoms with Gasteiger partial charge in [-0.05, 0) is 47.5 Å². The molecule has 29 heavy (non-hydrogen) atoms. The highest BCUT2D eigenvalue weighted by Gasteiger charge is 2.05. The summed E-state index contributed by atoms with van der Waals surface area (Å²) in [5.41, 5.74) is 2.09. The van der Waals surface area contributed by atoms with Gasteiger partial charge < -0.3 is 19.7 Å². The van der Waals surface area contributed by atoms with Crippen molar-refractivity contribution in [2.75, 3.05) is 25.6 Å². The summed E-state index contributed by atoms with van der Waals surface area (Å²) in [4.78, 5) is 18.2. The number of nitrogens with zero attached hydrogens (tertiary/aromatic N) is 2. The van der Waals surface area contributed by atoms with Gasteiger partial charge in [0.1, 0.15) is 23.9 Å². The number of benzene rings is 2. The van der Waals surface area contributed by atoms with Crippen molar-refractivity contribution in [2.45, 2.75) is 13.2 Å². The number of hydrogen-bond donors (Lipinski definition) is 1. The number of nitrogens with one attached hydrogen (secondary N) is 1. The number of carbonyl (C=O) groups excluding carboxylic acids is 1. The topological polar surface area (TPSA) is 63.7 Å². The molecule has 1 N–H and O–H groups in total. The number of pyridine rings is 1. The summed E-state index contributed by atoms with van der Waals surface area (Å²) in [5.74, 6) is 2.03. The maximum absolute atomic E-state index is 12.0. The highest BCUT2D eigenvalue weighted by Crippen LogP contribution is 2.18. The lowest BCUT2D eigenvalue weighted by atomic mass is 10.2. The van der Waals surface area contributed by atoms with E-state index in [-0.39, 0.29) is 12.5 Å². The molecule has 6 nitrogen and oxygen atoms in total. The molecule has 150 valence electrons. The number of rotatable bonds is 9. The van der Waals surface area contributed by atoms with Crippen molar-refractivity contribution >= 4 is 11.7 Å². The molecular weight excluding hydrogens is 366 g/mol. The van der Waals surface area contributed by atoms with Crippen LogP contribution in [0.2, 0.25) is 0 Å². The Morgan fingerprint density at radius 3 is 2.31 bits per heavy atom. The third kappa shape index (κ3) is 6.53. The molecule has 1 heterocycles. The van der Waals surface area contributed by atoms with Crippen molar-refractivity contribution in [3.63, 3.8) is 0 Å². The maximum atomic E-state index is 12.0. The lowest BCUT2D eigenvalue weighted by molar-refractivity contribution is -0.123. The Hall–Kier alpha value is -3.54. The van der Waals surface area contributed by atoms with Crippen LogP contribution < -0.4 is 19.7 Å². The van der Waals surface area contributed by atoms with Crippen LogP contribution in [0, 0.1) is 0 Å². The van der Waals surface area contributed by atoms with Crippen molar-refractivity contribution in [2.24, 2.45) is 0 Å². The second-order valence-corrected chi connectivity index (χ2v) is 6.73. The molecule has 3 aromatic rings. The fourth-order valence-corrected chi connectivity index (χ4v) is 2.59. The molecule has 0 fully saturated rings. The van der Waals surface area contributed by atoms with Crippen LogP contribution in [-0.4, -0.2) is 31.6 Å². The van der Waals surface area contributed by atoms with Gasteiger partial charge in [-0.1, -0.05) is 30.3 Å². The first kappa shape index (κ1) is 20.2. The second kappa shape index (κ2) is 10.1. The van der Waals surface area contributed by atoms with Crippen molar-refractivity contribution in [3.8, 4) is 11.5 Å². The third-order valence-corrected chi connectivity index (χ3v) is 4.20. The number of hydrogen-bond acceptors (Lipinski definition) is 5. The molecular formula is C23H25N3O3. The normalized spacial score (nSPS) is 10.3. The fourth-order valence-electron chi connectivity index (χ4n) is 2.59. The van der Waals surface area contributed by atoms with E-state index in [1.165, 1.54) is 0 Å². The summed E-state index contributed by atoms with van der Waals surface area (Å²) < 4.78 is 11.3. The first-order chi connectivity index (χ1) is 14.1. The van der Waals surface area contributed by atoms with E-state index in [1.54, 1.807) is 18.3 Å². The van der Waals surface area contributed by atoms with E-state index >= 15 is 0 Å². The first-order valence-electron chi connectivity index (χ1n) is 9.39. The first-order valence-corrected chi connectivity index (χ1v) is 9.39. The van der Waals surface area contributed by atoms with Gasteiger partial charge in [0, 0.05) is 26.8 Å². The number of aromatic nitrogens is 1. The Kier molecular flexibility index (Phi) is 7.05. The highest BCUT2D eigenvalue weighted by molar-refractivity contribution is 5.77. The molecule has 0 unspecified atom stereocenters. The molecule has 0 aliphatic heterocycles. The second-order valence-electron chi connectivity index (χ2n) is 6.73. The number of anilines is 1. The lowest BCUT2D eigenvalue weighted by Gasteiger charge is -2.13. The van der Waals surface area contributed by atoms with Crippen molar-refractivity contribution in [1.82, 2.24) is 10.3 Å². The van der Waals surface area contributed by atoms with Crippen molar-refractivity contribution in [1.29, 1.82) is 0 Å². The van der Waals surface area contributed by atoms with Gasteiger partial charge in [0.2, 0.25) is 0 Å². The van der Waals surface area contributed by atoms with E-state index in [0.29, 0.717) is 18.9 Å². The van der Waals surface area contributed by atoms with E-state index < -0.39 is 0 Å². The average Bonchev–Trinajstić information content (AvgIpc) is 2.76. The van der Waals surface area contributed by atoms with Crippen LogP contribution >= 0.6 is 0 Å². The van der Waals surface area contributed by atoms with E-state index in [0.717, 1.165) is 22.7 Å². The molecule has 6 heteroatoms. The van der Waals surface area contributed by atoms with E-state index in [9.17, 15) is 4.79 Å². The summed E-state index contributed by atoms with van der Waals surface area (Å²) in [6.45, 7) is 0.891. The smallest absolute Gasteiger partial charge is 0.258 e. The van der Waals surface area contributed by atoms with Crippen LogP contribution in [-0.2, 0) is 17.9 Å². The highest BCUT2D eigenvalue weighted by atomic mass is 16.5. The van der Waals surface area contributed by atoms with Crippen LogP contribution in [0.4, 0.5) is 5.82 Å². The third-order valence-electron chi connectivity index (χ3n) is 4.20. The molecule has 0 aliphatic rings. The van der Waals surface area contributed by atoms with Gasteiger partial charge in [0.15, 0.2) is 6.61 Å². The van der Waals surface area contributed by atoms with Crippen LogP contribution in [0.3, 0.4) is 0 Å². The van der Waals surface area contributed by atoms with Crippen molar-refractivity contribution in [3.05, 3.63) is 84.1 Å². The molecule has 0 bridgehead atoms. The molecule has 1 amide bonds.